The summed E-state index contributed by atoms with van der Waals surface area (Å²) >= 11 is 0. The van der Waals surface area contributed by atoms with Gasteiger partial charge >= 0.3 is 0 Å². The smallest absolute Gasteiger partial charge is 0.200 e. The van der Waals surface area contributed by atoms with Gasteiger partial charge in [0.2, 0.25) is 5.78 Å². The normalized spacial score (nSPS) is 10.8. The van der Waals surface area contributed by atoms with Crippen LogP contribution >= 0.6 is 0 Å². The van der Waals surface area contributed by atoms with Gasteiger partial charge in [-0.25, -0.2) is 0 Å². The van der Waals surface area contributed by atoms with Gasteiger partial charge in [-0.2, -0.15) is 0 Å². The highest BCUT2D eigenvalue weighted by atomic mass is 16.3. The van der Waals surface area contributed by atoms with E-state index < -0.39 is 0 Å². The standard InChI is InChI=1S/C16H16O5/c1-9(2)16(20)15-6-4-11(21-15)8-13(18)10-3-5-12(17)14(19)7-10/h3-7,9,17,19H,8H2,1-2H3. The topological polar surface area (TPSA) is 87.7 Å². The van der Waals surface area contributed by atoms with E-state index in [-0.39, 0.29) is 46.7 Å². The second kappa shape index (κ2) is 5.83. The van der Waals surface area contributed by atoms with Gasteiger partial charge in [-0.15, -0.1) is 0 Å². The van der Waals surface area contributed by atoms with E-state index in [0.29, 0.717) is 5.76 Å². The minimum Gasteiger partial charge on any atom is -0.504 e. The Labute approximate surface area is 121 Å². The summed E-state index contributed by atoms with van der Waals surface area (Å²) in [7, 11) is 0. The van der Waals surface area contributed by atoms with E-state index in [0.717, 1.165) is 0 Å². The highest BCUT2D eigenvalue weighted by Gasteiger charge is 2.17. The molecule has 5 nitrogen and oxygen atoms in total. The first-order valence-corrected chi connectivity index (χ1v) is 6.56. The monoisotopic (exact) mass is 288 g/mol. The fourth-order valence-corrected chi connectivity index (χ4v) is 1.85. The second-order valence-corrected chi connectivity index (χ2v) is 5.09. The van der Waals surface area contributed by atoms with Crippen molar-refractivity contribution in [1.29, 1.82) is 0 Å². The molecule has 0 aliphatic heterocycles. The number of rotatable bonds is 5. The number of hydrogen-bond donors (Lipinski definition) is 2. The number of hydrogen-bond acceptors (Lipinski definition) is 5. The van der Waals surface area contributed by atoms with E-state index in [1.807, 2.05) is 0 Å². The molecule has 1 aromatic heterocycles. The maximum atomic E-state index is 12.1. The zero-order valence-electron chi connectivity index (χ0n) is 11.8. The third-order valence-corrected chi connectivity index (χ3v) is 3.06. The third-order valence-electron chi connectivity index (χ3n) is 3.06. The highest BCUT2D eigenvalue weighted by Crippen LogP contribution is 2.25. The molecule has 0 bridgehead atoms. The average Bonchev–Trinajstić information content (AvgIpc) is 2.89. The minimum absolute atomic E-state index is 0.0183. The Hall–Kier alpha value is -2.56. The summed E-state index contributed by atoms with van der Waals surface area (Å²) in [6.07, 6.45) is -0.0183. The number of phenols is 2. The van der Waals surface area contributed by atoms with Crippen LogP contribution in [0.3, 0.4) is 0 Å². The molecule has 0 aliphatic rings. The Kier molecular flexibility index (Phi) is 4.12. The SMILES string of the molecule is CC(C)C(=O)c1ccc(CC(=O)c2ccc(O)c(O)c2)o1. The summed E-state index contributed by atoms with van der Waals surface area (Å²) in [6, 6.07) is 7.01. The summed E-state index contributed by atoms with van der Waals surface area (Å²) in [6.45, 7) is 3.55. The lowest BCUT2D eigenvalue weighted by Crippen LogP contribution is -2.06. The summed E-state index contributed by atoms with van der Waals surface area (Å²) < 4.78 is 5.37. The van der Waals surface area contributed by atoms with Crippen LogP contribution in [0.15, 0.2) is 34.7 Å². The molecule has 0 amide bonds. The lowest BCUT2D eigenvalue weighted by molar-refractivity contribution is 0.0903. The largest absolute Gasteiger partial charge is 0.504 e. The maximum Gasteiger partial charge on any atom is 0.200 e. The molecule has 0 saturated heterocycles. The van der Waals surface area contributed by atoms with Crippen molar-refractivity contribution in [3.63, 3.8) is 0 Å². The predicted octanol–water partition coefficient (Wildman–Crippen LogP) is 2.95. The van der Waals surface area contributed by atoms with Gasteiger partial charge in [0.25, 0.3) is 0 Å². The van der Waals surface area contributed by atoms with Crippen LogP contribution in [-0.2, 0) is 6.42 Å². The molecule has 110 valence electrons. The van der Waals surface area contributed by atoms with Crippen LogP contribution in [0.1, 0.15) is 40.5 Å². The first-order chi connectivity index (χ1) is 9.88. The molecule has 0 saturated carbocycles. The number of benzene rings is 1. The van der Waals surface area contributed by atoms with Crippen molar-refractivity contribution in [2.75, 3.05) is 0 Å². The van der Waals surface area contributed by atoms with Crippen molar-refractivity contribution >= 4 is 11.6 Å². The molecule has 0 atom stereocenters. The van der Waals surface area contributed by atoms with Crippen LogP contribution in [0.25, 0.3) is 0 Å². The number of phenolic OH excluding ortho intramolecular Hbond substituents is 2. The van der Waals surface area contributed by atoms with Crippen LogP contribution < -0.4 is 0 Å². The van der Waals surface area contributed by atoms with Crippen LogP contribution in [0.5, 0.6) is 11.5 Å². The molecule has 1 heterocycles. The summed E-state index contributed by atoms with van der Waals surface area (Å²) in [5.41, 5.74) is 0.262. The molecule has 1 aromatic carbocycles. The van der Waals surface area contributed by atoms with Crippen LogP contribution in [0, 0.1) is 5.92 Å². The molecule has 2 aromatic rings. The second-order valence-electron chi connectivity index (χ2n) is 5.09. The molecule has 0 aliphatic carbocycles. The average molecular weight is 288 g/mol. The molecule has 2 rings (SSSR count). The molecule has 21 heavy (non-hydrogen) atoms. The molecular formula is C16H16O5. The van der Waals surface area contributed by atoms with Crippen molar-refractivity contribution in [2.24, 2.45) is 5.92 Å². The Morgan fingerprint density at radius 3 is 2.43 bits per heavy atom. The summed E-state index contributed by atoms with van der Waals surface area (Å²) in [5, 5.41) is 18.6. The lowest BCUT2D eigenvalue weighted by Gasteiger charge is -2.02. The van der Waals surface area contributed by atoms with Gasteiger partial charge in [-0.05, 0) is 30.3 Å². The first kappa shape index (κ1) is 14.8. The van der Waals surface area contributed by atoms with Gasteiger partial charge in [0.15, 0.2) is 23.0 Å². The van der Waals surface area contributed by atoms with E-state index in [1.54, 1.807) is 26.0 Å². The zero-order chi connectivity index (χ0) is 15.6. The van der Waals surface area contributed by atoms with Gasteiger partial charge in [0.1, 0.15) is 5.76 Å². The fourth-order valence-electron chi connectivity index (χ4n) is 1.85. The number of furan rings is 1. The summed E-state index contributed by atoms with van der Waals surface area (Å²) in [5.74, 6) is -0.573. The molecule has 0 radical (unpaired) electrons. The Morgan fingerprint density at radius 2 is 1.81 bits per heavy atom. The molecule has 0 unspecified atom stereocenters. The first-order valence-electron chi connectivity index (χ1n) is 6.56. The van der Waals surface area contributed by atoms with Crippen molar-refractivity contribution in [2.45, 2.75) is 20.3 Å². The molecule has 2 N–H and O–H groups in total. The molecule has 5 heteroatoms. The van der Waals surface area contributed by atoms with Gasteiger partial charge in [0, 0.05) is 11.5 Å². The third kappa shape index (κ3) is 3.31. The molecule has 0 spiro atoms. The van der Waals surface area contributed by atoms with Gasteiger partial charge < -0.3 is 14.6 Å². The van der Waals surface area contributed by atoms with Crippen molar-refractivity contribution in [3.8, 4) is 11.5 Å². The predicted molar refractivity (Wildman–Crippen MR) is 75.7 cm³/mol. The Balaban J connectivity index is 2.13. The zero-order valence-corrected chi connectivity index (χ0v) is 11.8. The number of Topliss-reactive ketones (excluding diaryl/α,β-unsaturated/α-hetero) is 2. The maximum absolute atomic E-state index is 12.1. The number of ketones is 2. The van der Waals surface area contributed by atoms with E-state index >= 15 is 0 Å². The van der Waals surface area contributed by atoms with Gasteiger partial charge in [0.05, 0.1) is 6.42 Å². The minimum atomic E-state index is -0.351. The lowest BCUT2D eigenvalue weighted by atomic mass is 10.1. The van der Waals surface area contributed by atoms with E-state index in [1.165, 1.54) is 18.2 Å². The van der Waals surface area contributed by atoms with E-state index in [4.69, 9.17) is 4.42 Å². The van der Waals surface area contributed by atoms with Gasteiger partial charge in [-0.3, -0.25) is 9.59 Å². The van der Waals surface area contributed by atoms with Crippen molar-refractivity contribution in [1.82, 2.24) is 0 Å². The van der Waals surface area contributed by atoms with E-state index in [9.17, 15) is 19.8 Å². The van der Waals surface area contributed by atoms with E-state index in [2.05, 4.69) is 0 Å². The molecule has 0 fully saturated rings. The molecular weight excluding hydrogens is 272 g/mol. The van der Waals surface area contributed by atoms with Crippen LogP contribution in [0.2, 0.25) is 0 Å². The quantitative estimate of drug-likeness (QED) is 0.652. The van der Waals surface area contributed by atoms with Crippen molar-refractivity contribution in [3.05, 3.63) is 47.4 Å². The number of aromatic hydroxyl groups is 2. The van der Waals surface area contributed by atoms with Crippen molar-refractivity contribution < 1.29 is 24.2 Å². The number of carbonyl (C=O) groups is 2. The number of carbonyl (C=O) groups excluding carboxylic acids is 2. The van der Waals surface area contributed by atoms with Gasteiger partial charge in [-0.1, -0.05) is 13.8 Å². The Bertz CT molecular complexity index is 682. The van der Waals surface area contributed by atoms with Crippen LogP contribution in [-0.4, -0.2) is 21.8 Å². The Morgan fingerprint density at radius 1 is 1.10 bits per heavy atom. The van der Waals surface area contributed by atoms with Crippen LogP contribution in [0.4, 0.5) is 0 Å². The summed E-state index contributed by atoms with van der Waals surface area (Å²) in [4.78, 5) is 23.8. The fraction of sp³-hybridized carbons (Fsp3) is 0.250. The highest BCUT2D eigenvalue weighted by molar-refractivity contribution is 5.98.